The number of carbonyl (C=O) groups is 1. The van der Waals surface area contributed by atoms with Crippen LogP contribution in [0.4, 0.5) is 0 Å². The number of fused-ring (bicyclic) bond motifs is 1. The molecule has 0 spiro atoms. The second kappa shape index (κ2) is 9.59. The number of halogens is 1. The van der Waals surface area contributed by atoms with Gasteiger partial charge in [0.15, 0.2) is 5.16 Å². The van der Waals surface area contributed by atoms with Crippen molar-refractivity contribution in [1.29, 1.82) is 5.26 Å². The summed E-state index contributed by atoms with van der Waals surface area (Å²) in [5, 5.41) is 10.3. The van der Waals surface area contributed by atoms with Crippen molar-refractivity contribution >= 4 is 40.2 Å². The van der Waals surface area contributed by atoms with Crippen LogP contribution in [0.5, 0.6) is 0 Å². The van der Waals surface area contributed by atoms with Crippen LogP contribution in [0.2, 0.25) is 5.02 Å². The van der Waals surface area contributed by atoms with Gasteiger partial charge in [-0.3, -0.25) is 14.2 Å². The zero-order valence-corrected chi connectivity index (χ0v) is 17.4. The molecule has 148 valence electrons. The minimum absolute atomic E-state index is 0.120. The monoisotopic (exact) mass is 426 g/mol. The number of thioether (sulfide) groups is 1. The van der Waals surface area contributed by atoms with Crippen LogP contribution in [0.15, 0.2) is 58.5 Å². The second-order valence-corrected chi connectivity index (χ2v) is 7.82. The minimum atomic E-state index is -0.154. The Morgan fingerprint density at radius 2 is 1.97 bits per heavy atom. The maximum absolute atomic E-state index is 13.1. The first-order chi connectivity index (χ1) is 14.0. The molecule has 0 saturated carbocycles. The van der Waals surface area contributed by atoms with Gasteiger partial charge in [0.25, 0.3) is 5.56 Å². The number of amides is 1. The summed E-state index contributed by atoms with van der Waals surface area (Å²) in [7, 11) is 1.66. The average Bonchev–Trinajstić information content (AvgIpc) is 2.74. The van der Waals surface area contributed by atoms with Gasteiger partial charge in [-0.1, -0.05) is 47.6 Å². The maximum atomic E-state index is 13.1. The van der Waals surface area contributed by atoms with Gasteiger partial charge in [-0.05, 0) is 29.8 Å². The zero-order chi connectivity index (χ0) is 20.8. The summed E-state index contributed by atoms with van der Waals surface area (Å²) in [6.07, 6.45) is 0.280. The number of benzene rings is 2. The molecule has 0 saturated heterocycles. The summed E-state index contributed by atoms with van der Waals surface area (Å²) in [5.41, 5.74) is 1.35. The number of para-hydroxylation sites is 1. The van der Waals surface area contributed by atoms with E-state index in [1.165, 1.54) is 16.7 Å². The minimum Gasteiger partial charge on any atom is -0.344 e. The molecule has 2 aromatic carbocycles. The van der Waals surface area contributed by atoms with E-state index < -0.39 is 0 Å². The van der Waals surface area contributed by atoms with E-state index in [1.807, 2.05) is 24.3 Å². The fourth-order valence-electron chi connectivity index (χ4n) is 2.75. The highest BCUT2D eigenvalue weighted by atomic mass is 35.5. The topological polar surface area (TPSA) is 79.0 Å². The Bertz CT molecular complexity index is 1120. The molecule has 3 aromatic rings. The van der Waals surface area contributed by atoms with Crippen molar-refractivity contribution in [2.75, 3.05) is 19.3 Å². The number of nitriles is 1. The van der Waals surface area contributed by atoms with Crippen LogP contribution in [0.3, 0.4) is 0 Å². The van der Waals surface area contributed by atoms with E-state index in [4.69, 9.17) is 16.9 Å². The molecule has 0 aliphatic carbocycles. The fourth-order valence-corrected chi connectivity index (χ4v) is 3.81. The summed E-state index contributed by atoms with van der Waals surface area (Å²) in [5.74, 6) is 0.0125. The van der Waals surface area contributed by atoms with Gasteiger partial charge in [0, 0.05) is 18.6 Å². The highest BCUT2D eigenvalue weighted by Crippen LogP contribution is 2.20. The van der Waals surface area contributed by atoms with Crippen molar-refractivity contribution in [1.82, 2.24) is 14.5 Å². The molecule has 0 aliphatic rings. The van der Waals surface area contributed by atoms with Crippen LogP contribution in [-0.2, 0) is 11.3 Å². The molecule has 0 N–H and O–H groups in total. The Morgan fingerprint density at radius 3 is 2.69 bits per heavy atom. The largest absolute Gasteiger partial charge is 0.344 e. The van der Waals surface area contributed by atoms with Crippen LogP contribution < -0.4 is 5.56 Å². The van der Waals surface area contributed by atoms with Crippen LogP contribution in [0.25, 0.3) is 10.9 Å². The molecule has 8 heteroatoms. The van der Waals surface area contributed by atoms with E-state index in [1.54, 1.807) is 41.9 Å². The van der Waals surface area contributed by atoms with E-state index in [-0.39, 0.29) is 23.6 Å². The van der Waals surface area contributed by atoms with E-state index in [9.17, 15) is 9.59 Å². The van der Waals surface area contributed by atoms with E-state index >= 15 is 0 Å². The normalized spacial score (nSPS) is 10.7. The lowest BCUT2D eigenvalue weighted by Gasteiger charge is -2.16. The molecule has 1 amide bonds. The van der Waals surface area contributed by atoms with Crippen LogP contribution in [0.1, 0.15) is 12.0 Å². The number of hydrogen-bond donors (Lipinski definition) is 0. The first-order valence-electron chi connectivity index (χ1n) is 8.97. The Balaban J connectivity index is 1.92. The first kappa shape index (κ1) is 20.9. The molecule has 1 aromatic heterocycles. The Kier molecular flexibility index (Phi) is 6.91. The lowest BCUT2D eigenvalue weighted by molar-refractivity contribution is -0.127. The summed E-state index contributed by atoms with van der Waals surface area (Å²) in [6, 6.07) is 16.5. The molecule has 0 atom stereocenters. The smallest absolute Gasteiger partial charge is 0.262 e. The Hall–Kier alpha value is -2.82. The first-order valence-corrected chi connectivity index (χ1v) is 10.3. The predicted octanol–water partition coefficient (Wildman–Crippen LogP) is 3.56. The van der Waals surface area contributed by atoms with Crippen molar-refractivity contribution in [3.63, 3.8) is 0 Å². The van der Waals surface area contributed by atoms with E-state index in [0.717, 1.165) is 5.56 Å². The van der Waals surface area contributed by atoms with Gasteiger partial charge in [-0.15, -0.1) is 0 Å². The third-order valence-corrected chi connectivity index (χ3v) is 5.60. The number of hydrogen-bond acceptors (Lipinski definition) is 5. The molecule has 0 aliphatic heterocycles. The lowest BCUT2D eigenvalue weighted by atomic mass is 10.2. The quantitative estimate of drug-likeness (QED) is 0.426. The van der Waals surface area contributed by atoms with Crippen molar-refractivity contribution in [3.05, 3.63) is 69.5 Å². The van der Waals surface area contributed by atoms with Gasteiger partial charge >= 0.3 is 0 Å². The zero-order valence-electron chi connectivity index (χ0n) is 15.8. The molecule has 0 radical (unpaired) electrons. The molecule has 3 rings (SSSR count). The van der Waals surface area contributed by atoms with Gasteiger partial charge in [0.2, 0.25) is 5.91 Å². The molecule has 6 nitrogen and oxygen atoms in total. The molecule has 0 bridgehead atoms. The third-order valence-electron chi connectivity index (χ3n) is 4.39. The number of nitrogens with zero attached hydrogens (tertiary/aromatic N) is 4. The summed E-state index contributed by atoms with van der Waals surface area (Å²) in [6.45, 7) is 0.702. The van der Waals surface area contributed by atoms with Crippen molar-refractivity contribution in [2.24, 2.45) is 0 Å². The Morgan fingerprint density at radius 1 is 1.24 bits per heavy atom. The van der Waals surface area contributed by atoms with Crippen LogP contribution in [0, 0.1) is 11.3 Å². The summed E-state index contributed by atoms with van der Waals surface area (Å²) in [4.78, 5) is 31.6. The molecule has 0 unspecified atom stereocenters. The maximum Gasteiger partial charge on any atom is 0.262 e. The van der Waals surface area contributed by atoms with Gasteiger partial charge in [0.05, 0.1) is 35.7 Å². The highest BCUT2D eigenvalue weighted by molar-refractivity contribution is 7.99. The molecule has 29 heavy (non-hydrogen) atoms. The average molecular weight is 427 g/mol. The third kappa shape index (κ3) is 5.17. The molecular weight excluding hydrogens is 408 g/mol. The van der Waals surface area contributed by atoms with E-state index in [0.29, 0.717) is 34.2 Å². The standard InChI is InChI=1S/C21H19ClN4O2S/c1-25(12-4-11-23)19(27)14-29-21-24-18-6-3-2-5-17(18)20(28)26(21)13-15-7-9-16(22)10-8-15/h2-3,5-10H,4,12-14H2,1H3. The van der Waals surface area contributed by atoms with Gasteiger partial charge in [-0.25, -0.2) is 4.98 Å². The predicted molar refractivity (Wildman–Crippen MR) is 115 cm³/mol. The van der Waals surface area contributed by atoms with Crippen LogP contribution in [-0.4, -0.2) is 39.7 Å². The summed E-state index contributed by atoms with van der Waals surface area (Å²) >= 11 is 7.18. The van der Waals surface area contributed by atoms with Crippen molar-refractivity contribution < 1.29 is 4.79 Å². The molecule has 1 heterocycles. The Labute approximate surface area is 177 Å². The summed E-state index contributed by atoms with van der Waals surface area (Å²) < 4.78 is 1.58. The fraction of sp³-hybridized carbons (Fsp3) is 0.238. The SMILES string of the molecule is CN(CCC#N)C(=O)CSc1nc2ccccc2c(=O)n1Cc1ccc(Cl)cc1. The number of aromatic nitrogens is 2. The highest BCUT2D eigenvalue weighted by Gasteiger charge is 2.15. The van der Waals surface area contributed by atoms with Crippen molar-refractivity contribution in [3.8, 4) is 6.07 Å². The van der Waals surface area contributed by atoms with Crippen molar-refractivity contribution in [2.45, 2.75) is 18.1 Å². The van der Waals surface area contributed by atoms with Crippen LogP contribution >= 0.6 is 23.4 Å². The van der Waals surface area contributed by atoms with Gasteiger partial charge in [0.1, 0.15) is 0 Å². The number of rotatable bonds is 7. The molecular formula is C21H19ClN4O2S. The van der Waals surface area contributed by atoms with Gasteiger partial charge in [-0.2, -0.15) is 5.26 Å². The second-order valence-electron chi connectivity index (χ2n) is 6.44. The molecule has 0 fully saturated rings. The number of carbonyl (C=O) groups excluding carboxylic acids is 1. The van der Waals surface area contributed by atoms with E-state index in [2.05, 4.69) is 4.98 Å². The van der Waals surface area contributed by atoms with Gasteiger partial charge < -0.3 is 4.90 Å². The lowest BCUT2D eigenvalue weighted by Crippen LogP contribution is -2.30.